The van der Waals surface area contributed by atoms with Crippen LogP contribution in [0, 0.1) is 10.1 Å². The van der Waals surface area contributed by atoms with E-state index in [1.807, 2.05) is 11.8 Å². The van der Waals surface area contributed by atoms with Crippen LogP contribution in [0.25, 0.3) is 0 Å². The summed E-state index contributed by atoms with van der Waals surface area (Å²) < 4.78 is 5.08. The molecule has 0 spiro atoms. The Kier molecular flexibility index (Phi) is 4.71. The van der Waals surface area contributed by atoms with Crippen molar-refractivity contribution in [3.8, 4) is 5.75 Å². The van der Waals surface area contributed by atoms with Crippen LogP contribution >= 0.6 is 0 Å². The first-order valence-corrected chi connectivity index (χ1v) is 5.41. The lowest BCUT2D eigenvalue weighted by Gasteiger charge is -2.22. The summed E-state index contributed by atoms with van der Waals surface area (Å²) in [6.07, 6.45) is 0. The molecular formula is C11H17N3O3. The third-order valence-corrected chi connectivity index (χ3v) is 2.50. The molecule has 0 heterocycles. The second kappa shape index (κ2) is 6.05. The molecule has 6 nitrogen and oxygen atoms in total. The van der Waals surface area contributed by atoms with Crippen LogP contribution in [0.5, 0.6) is 5.75 Å². The predicted octanol–water partition coefficient (Wildman–Crippen LogP) is 1.39. The second-order valence-corrected chi connectivity index (χ2v) is 3.48. The van der Waals surface area contributed by atoms with Crippen LogP contribution in [0.15, 0.2) is 18.2 Å². The molecule has 0 fully saturated rings. The summed E-state index contributed by atoms with van der Waals surface area (Å²) in [7, 11) is 1.53. The Hall–Kier alpha value is -1.82. The Morgan fingerprint density at radius 1 is 1.53 bits per heavy atom. The maximum absolute atomic E-state index is 11.0. The summed E-state index contributed by atoms with van der Waals surface area (Å²) in [6, 6.07) is 4.70. The summed E-state index contributed by atoms with van der Waals surface area (Å²) in [5.74, 6) is 0.598. The Bertz CT molecular complexity index is 396. The number of nitro groups is 1. The number of rotatable bonds is 6. The van der Waals surface area contributed by atoms with E-state index in [1.165, 1.54) is 13.2 Å². The van der Waals surface area contributed by atoms with E-state index in [1.54, 1.807) is 12.1 Å². The van der Waals surface area contributed by atoms with Gasteiger partial charge in [-0.25, -0.2) is 0 Å². The minimum Gasteiger partial charge on any atom is -0.497 e. The molecule has 0 aromatic heterocycles. The normalized spacial score (nSPS) is 10.1. The van der Waals surface area contributed by atoms with Crippen molar-refractivity contribution in [2.24, 2.45) is 5.73 Å². The van der Waals surface area contributed by atoms with Crippen LogP contribution in [0.2, 0.25) is 0 Å². The van der Waals surface area contributed by atoms with E-state index < -0.39 is 4.92 Å². The third-order valence-electron chi connectivity index (χ3n) is 2.50. The number of nitrogens with zero attached hydrogens (tertiary/aromatic N) is 2. The molecule has 0 radical (unpaired) electrons. The van der Waals surface area contributed by atoms with E-state index in [9.17, 15) is 10.1 Å². The monoisotopic (exact) mass is 239 g/mol. The van der Waals surface area contributed by atoms with Gasteiger partial charge in [0.25, 0.3) is 5.69 Å². The molecule has 0 saturated heterocycles. The molecule has 1 aromatic carbocycles. The number of methoxy groups -OCH3 is 1. The average molecular weight is 239 g/mol. The third kappa shape index (κ3) is 3.07. The number of anilines is 1. The second-order valence-electron chi connectivity index (χ2n) is 3.48. The van der Waals surface area contributed by atoms with E-state index >= 15 is 0 Å². The van der Waals surface area contributed by atoms with Gasteiger partial charge in [0.05, 0.1) is 12.0 Å². The lowest BCUT2D eigenvalue weighted by molar-refractivity contribution is -0.384. The number of nitro benzene ring substituents is 1. The molecule has 0 atom stereocenters. The maximum Gasteiger partial charge on any atom is 0.292 e. The van der Waals surface area contributed by atoms with Crippen molar-refractivity contribution in [3.63, 3.8) is 0 Å². The first-order chi connectivity index (χ1) is 8.13. The fourth-order valence-corrected chi connectivity index (χ4v) is 1.64. The van der Waals surface area contributed by atoms with Crippen LogP contribution in [-0.4, -0.2) is 31.7 Å². The molecule has 0 aliphatic rings. The standard InChI is InChI=1S/C11H17N3O3/c1-3-13(7-6-12)11-8-9(17-2)4-5-10(11)14(15)16/h4-5,8H,3,6-7,12H2,1-2H3. The summed E-state index contributed by atoms with van der Waals surface area (Å²) in [4.78, 5) is 12.4. The Balaban J connectivity index is 3.19. The van der Waals surface area contributed by atoms with Gasteiger partial charge in [0.1, 0.15) is 11.4 Å². The van der Waals surface area contributed by atoms with Gasteiger partial charge >= 0.3 is 0 Å². The van der Waals surface area contributed by atoms with Crippen molar-refractivity contribution in [1.82, 2.24) is 0 Å². The van der Waals surface area contributed by atoms with Crippen LogP contribution in [0.3, 0.4) is 0 Å². The zero-order valence-corrected chi connectivity index (χ0v) is 10.0. The van der Waals surface area contributed by atoms with Gasteiger partial charge < -0.3 is 15.4 Å². The minimum absolute atomic E-state index is 0.0705. The van der Waals surface area contributed by atoms with E-state index in [4.69, 9.17) is 10.5 Å². The zero-order chi connectivity index (χ0) is 12.8. The first-order valence-electron chi connectivity index (χ1n) is 5.41. The van der Waals surface area contributed by atoms with Crippen molar-refractivity contribution in [2.75, 3.05) is 31.6 Å². The van der Waals surface area contributed by atoms with Crippen LogP contribution in [0.1, 0.15) is 6.92 Å². The van der Waals surface area contributed by atoms with Crippen LogP contribution in [-0.2, 0) is 0 Å². The molecule has 6 heteroatoms. The number of hydrogen-bond donors (Lipinski definition) is 1. The minimum atomic E-state index is -0.395. The van der Waals surface area contributed by atoms with Crippen molar-refractivity contribution < 1.29 is 9.66 Å². The molecule has 94 valence electrons. The van der Waals surface area contributed by atoms with Gasteiger partial charge in [0.2, 0.25) is 0 Å². The molecule has 2 N–H and O–H groups in total. The highest BCUT2D eigenvalue weighted by Gasteiger charge is 2.18. The number of hydrogen-bond acceptors (Lipinski definition) is 5. The number of likely N-dealkylation sites (N-methyl/N-ethyl adjacent to an activating group) is 1. The molecular weight excluding hydrogens is 222 g/mol. The van der Waals surface area contributed by atoms with Gasteiger partial charge in [-0.1, -0.05) is 0 Å². The van der Waals surface area contributed by atoms with Crippen molar-refractivity contribution in [3.05, 3.63) is 28.3 Å². The molecule has 0 amide bonds. The molecule has 0 aliphatic heterocycles. The van der Waals surface area contributed by atoms with Crippen molar-refractivity contribution in [1.29, 1.82) is 0 Å². The van der Waals surface area contributed by atoms with E-state index in [-0.39, 0.29) is 5.69 Å². The Morgan fingerprint density at radius 2 is 2.24 bits per heavy atom. The fourth-order valence-electron chi connectivity index (χ4n) is 1.64. The Labute approximate surface area is 100 Å². The van der Waals surface area contributed by atoms with Crippen LogP contribution < -0.4 is 15.4 Å². The maximum atomic E-state index is 11.0. The molecule has 0 unspecified atom stereocenters. The summed E-state index contributed by atoms with van der Waals surface area (Å²) in [5.41, 5.74) is 6.11. The van der Waals surface area contributed by atoms with Crippen molar-refractivity contribution in [2.45, 2.75) is 6.92 Å². The number of nitrogens with two attached hydrogens (primary N) is 1. The summed E-state index contributed by atoms with van der Waals surface area (Å²) in [5, 5.41) is 11.0. The Morgan fingerprint density at radius 3 is 2.71 bits per heavy atom. The quantitative estimate of drug-likeness (QED) is 0.599. The van der Waals surface area contributed by atoms with Crippen LogP contribution in [0.4, 0.5) is 11.4 Å². The highest BCUT2D eigenvalue weighted by molar-refractivity contribution is 5.65. The molecule has 17 heavy (non-hydrogen) atoms. The van der Waals surface area contributed by atoms with Gasteiger partial charge in [-0.05, 0) is 13.0 Å². The highest BCUT2D eigenvalue weighted by Crippen LogP contribution is 2.31. The van der Waals surface area contributed by atoms with Gasteiger partial charge in [-0.15, -0.1) is 0 Å². The van der Waals surface area contributed by atoms with Gasteiger partial charge in [0.15, 0.2) is 0 Å². The lowest BCUT2D eigenvalue weighted by Crippen LogP contribution is -2.29. The summed E-state index contributed by atoms with van der Waals surface area (Å²) in [6.45, 7) is 3.61. The predicted molar refractivity (Wildman–Crippen MR) is 66.6 cm³/mol. The largest absolute Gasteiger partial charge is 0.497 e. The first kappa shape index (κ1) is 13.2. The number of ether oxygens (including phenoxy) is 1. The molecule has 0 saturated carbocycles. The average Bonchev–Trinajstić information content (AvgIpc) is 2.35. The van der Waals surface area contributed by atoms with Gasteiger partial charge in [-0.3, -0.25) is 10.1 Å². The smallest absolute Gasteiger partial charge is 0.292 e. The lowest BCUT2D eigenvalue weighted by atomic mass is 10.2. The fraction of sp³-hybridized carbons (Fsp3) is 0.455. The molecule has 1 aromatic rings. The SMILES string of the molecule is CCN(CCN)c1cc(OC)ccc1[N+](=O)[O-]. The zero-order valence-electron chi connectivity index (χ0n) is 10.0. The van der Waals surface area contributed by atoms with Gasteiger partial charge in [-0.2, -0.15) is 0 Å². The highest BCUT2D eigenvalue weighted by atomic mass is 16.6. The summed E-state index contributed by atoms with van der Waals surface area (Å²) >= 11 is 0. The van der Waals surface area contributed by atoms with Gasteiger partial charge in [0, 0.05) is 31.8 Å². The molecule has 0 bridgehead atoms. The molecule has 1 rings (SSSR count). The van der Waals surface area contributed by atoms with E-state index in [2.05, 4.69) is 0 Å². The number of benzene rings is 1. The van der Waals surface area contributed by atoms with Crippen molar-refractivity contribution >= 4 is 11.4 Å². The molecule has 0 aliphatic carbocycles. The van der Waals surface area contributed by atoms with E-state index in [0.29, 0.717) is 31.1 Å². The topological polar surface area (TPSA) is 81.6 Å². The van der Waals surface area contributed by atoms with E-state index in [0.717, 1.165) is 0 Å².